The van der Waals surface area contributed by atoms with Crippen LogP contribution in [0.5, 0.6) is 0 Å². The van der Waals surface area contributed by atoms with Crippen LogP contribution in [-0.2, 0) is 0 Å². The molecule has 1 saturated heterocycles. The molecule has 2 heteroatoms. The van der Waals surface area contributed by atoms with Crippen LogP contribution >= 0.6 is 0 Å². The Morgan fingerprint density at radius 2 is 1.79 bits per heavy atom. The smallest absolute Gasteiger partial charge is 0.00767 e. The molecule has 2 atom stereocenters. The first kappa shape index (κ1) is 15.3. The van der Waals surface area contributed by atoms with Crippen LogP contribution in [0.15, 0.2) is 0 Å². The van der Waals surface area contributed by atoms with E-state index >= 15 is 0 Å². The zero-order valence-corrected chi connectivity index (χ0v) is 13.9. The zero-order chi connectivity index (χ0) is 14.3. The molecule has 2 fully saturated rings. The third-order valence-electron chi connectivity index (χ3n) is 6.37. The number of hydrogen-bond acceptors (Lipinski definition) is 2. The van der Waals surface area contributed by atoms with Gasteiger partial charge in [-0.05, 0) is 48.6 Å². The predicted molar refractivity (Wildman–Crippen MR) is 83.4 cm³/mol. The lowest BCUT2D eigenvalue weighted by atomic mass is 10.0. The lowest BCUT2D eigenvalue weighted by Crippen LogP contribution is -2.44. The topological polar surface area (TPSA) is 15.3 Å². The fourth-order valence-corrected chi connectivity index (χ4v) is 3.97. The molecule has 0 aromatic carbocycles. The largest absolute Gasteiger partial charge is 0.314 e. The van der Waals surface area contributed by atoms with Crippen LogP contribution in [0.3, 0.4) is 0 Å². The number of nitrogens with zero attached hydrogens (tertiary/aromatic N) is 1. The third-order valence-corrected chi connectivity index (χ3v) is 6.37. The lowest BCUT2D eigenvalue weighted by molar-refractivity contribution is 0.181. The Morgan fingerprint density at radius 1 is 1.16 bits per heavy atom. The van der Waals surface area contributed by atoms with Gasteiger partial charge < -0.3 is 10.2 Å². The van der Waals surface area contributed by atoms with Gasteiger partial charge in [0.1, 0.15) is 0 Å². The minimum atomic E-state index is 0.529. The Labute approximate surface area is 120 Å². The van der Waals surface area contributed by atoms with Crippen molar-refractivity contribution in [2.24, 2.45) is 22.7 Å². The highest BCUT2D eigenvalue weighted by atomic mass is 15.2. The Balaban J connectivity index is 1.92. The molecule has 0 spiro atoms. The fraction of sp³-hybridized carbons (Fsp3) is 1.00. The summed E-state index contributed by atoms with van der Waals surface area (Å²) in [4.78, 5) is 2.75. The first-order valence-corrected chi connectivity index (χ1v) is 8.24. The van der Waals surface area contributed by atoms with Gasteiger partial charge in [-0.25, -0.2) is 0 Å². The van der Waals surface area contributed by atoms with Crippen molar-refractivity contribution in [3.05, 3.63) is 0 Å². The van der Waals surface area contributed by atoms with Crippen LogP contribution in [0.4, 0.5) is 0 Å². The van der Waals surface area contributed by atoms with Gasteiger partial charge in [-0.1, -0.05) is 41.5 Å². The van der Waals surface area contributed by atoms with Crippen molar-refractivity contribution in [1.82, 2.24) is 10.2 Å². The minimum Gasteiger partial charge on any atom is -0.314 e. The van der Waals surface area contributed by atoms with Crippen LogP contribution in [0.1, 0.15) is 54.4 Å². The van der Waals surface area contributed by atoms with Gasteiger partial charge in [0.05, 0.1) is 0 Å². The Hall–Kier alpha value is -0.0800. The Morgan fingerprint density at radius 3 is 2.32 bits per heavy atom. The van der Waals surface area contributed by atoms with E-state index in [1.54, 1.807) is 0 Å². The highest BCUT2D eigenvalue weighted by Gasteiger charge is 2.64. The molecule has 2 nitrogen and oxygen atoms in total. The number of hydrogen-bond donors (Lipinski definition) is 1. The van der Waals surface area contributed by atoms with Crippen LogP contribution in [0.25, 0.3) is 0 Å². The predicted octanol–water partition coefficient (Wildman–Crippen LogP) is 3.38. The normalized spacial score (nSPS) is 35.7. The van der Waals surface area contributed by atoms with Gasteiger partial charge in [0, 0.05) is 19.1 Å². The molecule has 1 saturated carbocycles. The number of nitrogens with one attached hydrogen (secondary N) is 1. The standard InChI is InChI=1S/C17H34N2/c1-7-14-8-9-19(11-13(2)10-18-14)12-15-16(3,4)17(15,5)6/h13-15,18H,7-12H2,1-6H3. The van der Waals surface area contributed by atoms with Gasteiger partial charge in [-0.2, -0.15) is 0 Å². The average Bonchev–Trinajstić information content (AvgIpc) is 2.68. The summed E-state index contributed by atoms with van der Waals surface area (Å²) in [5.74, 6) is 1.65. The van der Waals surface area contributed by atoms with Crippen molar-refractivity contribution in [3.63, 3.8) is 0 Å². The summed E-state index contributed by atoms with van der Waals surface area (Å²) in [6.07, 6.45) is 2.58. The van der Waals surface area contributed by atoms with Crippen LogP contribution in [-0.4, -0.2) is 37.1 Å². The maximum atomic E-state index is 3.72. The molecule has 1 heterocycles. The van der Waals surface area contributed by atoms with Gasteiger partial charge in [-0.15, -0.1) is 0 Å². The molecule has 0 bridgehead atoms. The van der Waals surface area contributed by atoms with Crippen molar-refractivity contribution in [2.45, 2.75) is 60.4 Å². The van der Waals surface area contributed by atoms with Crippen molar-refractivity contribution in [2.75, 3.05) is 26.2 Å². The zero-order valence-electron chi connectivity index (χ0n) is 13.9. The van der Waals surface area contributed by atoms with E-state index < -0.39 is 0 Å². The lowest BCUT2D eigenvalue weighted by Gasteiger charge is -2.32. The highest BCUT2D eigenvalue weighted by Crippen LogP contribution is 2.68. The van der Waals surface area contributed by atoms with E-state index in [-0.39, 0.29) is 0 Å². The SMILES string of the molecule is CCC1CCN(CC2C(C)(C)C2(C)C)CC(C)CN1. The first-order chi connectivity index (χ1) is 8.79. The molecule has 19 heavy (non-hydrogen) atoms. The van der Waals surface area contributed by atoms with Gasteiger partial charge in [-0.3, -0.25) is 0 Å². The molecule has 2 rings (SSSR count). The van der Waals surface area contributed by atoms with E-state index in [4.69, 9.17) is 0 Å². The van der Waals surface area contributed by atoms with E-state index in [1.807, 2.05) is 0 Å². The van der Waals surface area contributed by atoms with E-state index in [9.17, 15) is 0 Å². The molecular weight excluding hydrogens is 232 g/mol. The van der Waals surface area contributed by atoms with Gasteiger partial charge in [0.15, 0.2) is 0 Å². The quantitative estimate of drug-likeness (QED) is 0.842. The van der Waals surface area contributed by atoms with Crippen molar-refractivity contribution < 1.29 is 0 Å². The summed E-state index contributed by atoms with van der Waals surface area (Å²) < 4.78 is 0. The van der Waals surface area contributed by atoms with Gasteiger partial charge in [0.2, 0.25) is 0 Å². The molecular formula is C17H34N2. The first-order valence-electron chi connectivity index (χ1n) is 8.24. The maximum absolute atomic E-state index is 3.72. The highest BCUT2D eigenvalue weighted by molar-refractivity contribution is 5.13. The van der Waals surface area contributed by atoms with Crippen molar-refractivity contribution in [1.29, 1.82) is 0 Å². The maximum Gasteiger partial charge on any atom is 0.00767 e. The van der Waals surface area contributed by atoms with E-state index in [0.29, 0.717) is 10.8 Å². The molecule has 2 aliphatic rings. The Bertz CT molecular complexity index is 294. The monoisotopic (exact) mass is 266 g/mol. The van der Waals surface area contributed by atoms with Gasteiger partial charge >= 0.3 is 0 Å². The van der Waals surface area contributed by atoms with E-state index in [2.05, 4.69) is 51.8 Å². The molecule has 0 radical (unpaired) electrons. The Kier molecular flexibility index (Phi) is 4.32. The van der Waals surface area contributed by atoms with Gasteiger partial charge in [0.25, 0.3) is 0 Å². The van der Waals surface area contributed by atoms with E-state index in [0.717, 1.165) is 17.9 Å². The summed E-state index contributed by atoms with van der Waals surface area (Å²) in [5, 5.41) is 3.72. The summed E-state index contributed by atoms with van der Waals surface area (Å²) in [7, 11) is 0. The molecule has 1 aliphatic carbocycles. The van der Waals surface area contributed by atoms with Crippen LogP contribution in [0.2, 0.25) is 0 Å². The molecule has 0 aromatic heterocycles. The molecule has 1 N–H and O–H groups in total. The van der Waals surface area contributed by atoms with Crippen LogP contribution < -0.4 is 5.32 Å². The second-order valence-corrected chi connectivity index (χ2v) is 8.16. The number of rotatable bonds is 3. The second kappa shape index (κ2) is 5.37. The minimum absolute atomic E-state index is 0.529. The molecule has 2 unspecified atom stereocenters. The summed E-state index contributed by atoms with van der Waals surface area (Å²) in [6, 6.07) is 0.727. The fourth-order valence-electron chi connectivity index (χ4n) is 3.97. The second-order valence-electron chi connectivity index (χ2n) is 8.16. The molecule has 112 valence electrons. The molecule has 0 amide bonds. The summed E-state index contributed by atoms with van der Waals surface area (Å²) >= 11 is 0. The van der Waals surface area contributed by atoms with Crippen molar-refractivity contribution >= 4 is 0 Å². The van der Waals surface area contributed by atoms with Crippen LogP contribution in [0, 0.1) is 22.7 Å². The third kappa shape index (κ3) is 3.00. The average molecular weight is 266 g/mol. The summed E-state index contributed by atoms with van der Waals surface area (Å²) in [6.45, 7) is 19.5. The summed E-state index contributed by atoms with van der Waals surface area (Å²) in [5.41, 5.74) is 1.06. The molecule has 1 aliphatic heterocycles. The van der Waals surface area contributed by atoms with Crippen molar-refractivity contribution in [3.8, 4) is 0 Å². The molecule has 0 aromatic rings. The van der Waals surface area contributed by atoms with E-state index in [1.165, 1.54) is 39.0 Å².